The van der Waals surface area contributed by atoms with Crippen LogP contribution in [0.3, 0.4) is 0 Å². The van der Waals surface area contributed by atoms with Gasteiger partial charge in [-0.05, 0) is 48.4 Å². The zero-order valence-corrected chi connectivity index (χ0v) is 21.4. The first-order chi connectivity index (χ1) is 19.1. The lowest BCUT2D eigenvalue weighted by atomic mass is 9.95. The van der Waals surface area contributed by atoms with Crippen LogP contribution in [0.25, 0.3) is 22.9 Å². The first-order valence-corrected chi connectivity index (χ1v) is 12.7. The average molecular weight is 549 g/mol. The van der Waals surface area contributed by atoms with Crippen LogP contribution in [-0.4, -0.2) is 18.1 Å². The molecule has 0 fully saturated rings. The molecular formula is C27H16N8O4S. The predicted molar refractivity (Wildman–Crippen MR) is 143 cm³/mol. The van der Waals surface area contributed by atoms with E-state index in [4.69, 9.17) is 20.8 Å². The van der Waals surface area contributed by atoms with Crippen molar-refractivity contribution >= 4 is 27.7 Å². The fraction of sp³-hybridized carbons (Fsp3) is 0.0370. The summed E-state index contributed by atoms with van der Waals surface area (Å²) in [5.41, 5.74) is 5.82. The molecule has 12 nitrogen and oxygen atoms in total. The van der Waals surface area contributed by atoms with Crippen molar-refractivity contribution in [3.8, 4) is 41.1 Å². The van der Waals surface area contributed by atoms with Crippen molar-refractivity contribution in [1.29, 1.82) is 21.0 Å². The zero-order valence-electron chi connectivity index (χ0n) is 20.6. The van der Waals surface area contributed by atoms with E-state index in [1.54, 1.807) is 31.2 Å². The van der Waals surface area contributed by atoms with E-state index in [-0.39, 0.29) is 44.5 Å². The predicted octanol–water partition coefficient (Wildman–Crippen LogP) is 3.36. The Hall–Kier alpha value is -6.15. The monoisotopic (exact) mass is 548 g/mol. The third-order valence-corrected chi connectivity index (χ3v) is 7.03. The fourth-order valence-electron chi connectivity index (χ4n) is 3.84. The lowest BCUT2D eigenvalue weighted by molar-refractivity contribution is 0.400. The van der Waals surface area contributed by atoms with E-state index in [2.05, 4.69) is 9.88 Å². The third kappa shape index (κ3) is 5.00. The number of sulfonamides is 1. The number of hydrogen-bond donors (Lipinski definition) is 2. The Kier molecular flexibility index (Phi) is 7.18. The summed E-state index contributed by atoms with van der Waals surface area (Å²) in [6.07, 6.45) is 1.36. The van der Waals surface area contributed by atoms with Gasteiger partial charge < -0.3 is 10.3 Å². The number of nitriles is 4. The largest absolute Gasteiger partial charge is 0.384 e. The average Bonchev–Trinajstić information content (AvgIpc) is 3.35. The van der Waals surface area contributed by atoms with Gasteiger partial charge in [0.05, 0.1) is 10.6 Å². The molecule has 0 aliphatic heterocycles. The number of nitrogens with two attached hydrogens (primary N) is 1. The van der Waals surface area contributed by atoms with Crippen LogP contribution in [0, 0.1) is 52.2 Å². The molecule has 0 amide bonds. The Morgan fingerprint density at radius 1 is 1.00 bits per heavy atom. The molecule has 0 aliphatic rings. The summed E-state index contributed by atoms with van der Waals surface area (Å²) >= 11 is 0. The van der Waals surface area contributed by atoms with Gasteiger partial charge in [0, 0.05) is 11.6 Å². The molecule has 194 valence electrons. The van der Waals surface area contributed by atoms with Gasteiger partial charge in [-0.3, -0.25) is 14.1 Å². The van der Waals surface area contributed by atoms with Gasteiger partial charge in [-0.1, -0.05) is 29.4 Å². The molecule has 0 saturated carbocycles. The van der Waals surface area contributed by atoms with E-state index in [0.29, 0.717) is 16.9 Å². The van der Waals surface area contributed by atoms with Crippen LogP contribution in [0.1, 0.15) is 22.5 Å². The minimum Gasteiger partial charge on any atom is -0.384 e. The van der Waals surface area contributed by atoms with Crippen LogP contribution in [0.2, 0.25) is 0 Å². The van der Waals surface area contributed by atoms with E-state index >= 15 is 0 Å². The third-order valence-electron chi connectivity index (χ3n) is 5.66. The standard InChI is InChI=1S/C27H16N8O4S/c1-16-10-24(33-39-16)34-40(37,38)21-8-6-20(7-9-21)35-26(32)22(14-30)25(23(15-31)27(35)36)19-4-2-17(3-5-19)11-18(12-28)13-29/h2-11H,32H2,1H3,(H,33,34). The van der Waals surface area contributed by atoms with E-state index in [1.165, 1.54) is 48.5 Å². The molecule has 0 radical (unpaired) electrons. The van der Waals surface area contributed by atoms with Crippen molar-refractivity contribution in [2.24, 2.45) is 0 Å². The highest BCUT2D eigenvalue weighted by Gasteiger charge is 2.23. The number of rotatable bonds is 6. The molecule has 0 aliphatic carbocycles. The zero-order chi connectivity index (χ0) is 29.0. The van der Waals surface area contributed by atoms with E-state index < -0.39 is 15.6 Å². The molecule has 0 atom stereocenters. The number of aromatic nitrogens is 2. The molecule has 4 aromatic rings. The normalized spacial score (nSPS) is 10.4. The highest BCUT2D eigenvalue weighted by atomic mass is 32.2. The number of nitrogen functional groups attached to an aromatic ring is 1. The maximum Gasteiger partial charge on any atom is 0.275 e. The first-order valence-electron chi connectivity index (χ1n) is 11.2. The van der Waals surface area contributed by atoms with Crippen molar-refractivity contribution in [3.05, 3.63) is 93.0 Å². The second kappa shape index (κ2) is 10.7. The SMILES string of the molecule is Cc1cc(NS(=O)(=O)c2ccc(-n3c(N)c(C#N)c(-c4ccc(C=C(C#N)C#N)cc4)c(C#N)c3=O)cc2)no1. The maximum absolute atomic E-state index is 13.4. The van der Waals surface area contributed by atoms with Gasteiger partial charge in [-0.15, -0.1) is 0 Å². The number of aryl methyl sites for hydroxylation is 1. The molecule has 0 unspecified atom stereocenters. The number of hydrogen-bond acceptors (Lipinski definition) is 10. The van der Waals surface area contributed by atoms with Gasteiger partial charge in [-0.25, -0.2) is 8.42 Å². The Morgan fingerprint density at radius 3 is 2.15 bits per heavy atom. The number of allylic oxidation sites excluding steroid dienone is 1. The Labute approximate surface area is 227 Å². The molecule has 0 bridgehead atoms. The van der Waals surface area contributed by atoms with Gasteiger partial charge in [-0.2, -0.15) is 21.0 Å². The second-order valence-electron chi connectivity index (χ2n) is 8.20. The number of benzene rings is 2. The van der Waals surface area contributed by atoms with Gasteiger partial charge in [0.1, 0.15) is 52.6 Å². The molecule has 0 saturated heterocycles. The highest BCUT2D eigenvalue weighted by molar-refractivity contribution is 7.92. The molecule has 40 heavy (non-hydrogen) atoms. The summed E-state index contributed by atoms with van der Waals surface area (Å²) in [7, 11) is -4.04. The Balaban J connectivity index is 1.79. The van der Waals surface area contributed by atoms with Crippen LogP contribution in [-0.2, 0) is 10.0 Å². The van der Waals surface area contributed by atoms with Crippen LogP contribution in [0.5, 0.6) is 0 Å². The summed E-state index contributed by atoms with van der Waals surface area (Å²) in [4.78, 5) is 13.3. The van der Waals surface area contributed by atoms with Crippen molar-refractivity contribution in [2.75, 3.05) is 10.5 Å². The van der Waals surface area contributed by atoms with Crippen molar-refractivity contribution in [2.45, 2.75) is 11.8 Å². The summed E-state index contributed by atoms with van der Waals surface area (Å²) in [6.45, 7) is 1.60. The Bertz CT molecular complexity index is 2000. The van der Waals surface area contributed by atoms with Crippen molar-refractivity contribution in [1.82, 2.24) is 9.72 Å². The highest BCUT2D eigenvalue weighted by Crippen LogP contribution is 2.31. The fourth-order valence-corrected chi connectivity index (χ4v) is 4.83. The quantitative estimate of drug-likeness (QED) is 0.335. The van der Waals surface area contributed by atoms with Gasteiger partial charge >= 0.3 is 0 Å². The van der Waals surface area contributed by atoms with Crippen molar-refractivity contribution < 1.29 is 12.9 Å². The molecule has 2 heterocycles. The minimum atomic E-state index is -4.04. The van der Waals surface area contributed by atoms with Gasteiger partial charge in [0.15, 0.2) is 5.82 Å². The summed E-state index contributed by atoms with van der Waals surface area (Å²) in [6, 6.07) is 20.0. The lowest BCUT2D eigenvalue weighted by Crippen LogP contribution is -2.26. The smallest absolute Gasteiger partial charge is 0.275 e. The molecule has 0 spiro atoms. The molecule has 4 rings (SSSR count). The summed E-state index contributed by atoms with van der Waals surface area (Å²) in [5, 5.41) is 41.3. The topological polar surface area (TPSA) is 215 Å². The van der Waals surface area contributed by atoms with Crippen LogP contribution in [0.15, 0.2) is 74.4 Å². The molecule has 3 N–H and O–H groups in total. The van der Waals surface area contributed by atoms with Crippen molar-refractivity contribution in [3.63, 3.8) is 0 Å². The molecular weight excluding hydrogens is 532 g/mol. The minimum absolute atomic E-state index is 0.00502. The van der Waals surface area contributed by atoms with Gasteiger partial charge in [0.25, 0.3) is 15.6 Å². The molecule has 2 aromatic carbocycles. The van der Waals surface area contributed by atoms with Crippen LogP contribution in [0.4, 0.5) is 11.6 Å². The first kappa shape index (κ1) is 26.9. The van der Waals surface area contributed by atoms with Crippen LogP contribution >= 0.6 is 0 Å². The second-order valence-corrected chi connectivity index (χ2v) is 9.88. The lowest BCUT2D eigenvalue weighted by Gasteiger charge is -2.16. The molecule has 2 aromatic heterocycles. The number of nitrogens with zero attached hydrogens (tertiary/aromatic N) is 6. The van der Waals surface area contributed by atoms with E-state index in [0.717, 1.165) is 4.57 Å². The number of anilines is 2. The molecule has 13 heteroatoms. The van der Waals surface area contributed by atoms with E-state index in [9.17, 15) is 23.7 Å². The van der Waals surface area contributed by atoms with E-state index in [1.807, 2.05) is 12.1 Å². The van der Waals surface area contributed by atoms with Gasteiger partial charge in [0.2, 0.25) is 0 Å². The maximum atomic E-state index is 13.4. The number of nitrogens with one attached hydrogen (secondary N) is 1. The van der Waals surface area contributed by atoms with Crippen LogP contribution < -0.4 is 16.0 Å². The Morgan fingerprint density at radius 2 is 1.62 bits per heavy atom. The summed E-state index contributed by atoms with van der Waals surface area (Å²) in [5.74, 6) is 0.149. The number of pyridine rings is 1. The summed E-state index contributed by atoms with van der Waals surface area (Å²) < 4.78 is 33.5.